The number of nitrogens with one attached hydrogen (secondary N) is 2. The molecule has 0 spiro atoms. The summed E-state index contributed by atoms with van der Waals surface area (Å²) >= 11 is 0. The van der Waals surface area contributed by atoms with Crippen LogP contribution in [0.15, 0.2) is 63.9 Å². The Bertz CT molecular complexity index is 1170. The Labute approximate surface area is 193 Å². The van der Waals surface area contributed by atoms with E-state index < -0.39 is 10.0 Å². The molecule has 9 nitrogen and oxygen atoms in total. The van der Waals surface area contributed by atoms with Gasteiger partial charge >= 0.3 is 6.03 Å². The predicted molar refractivity (Wildman–Crippen MR) is 126 cm³/mol. The number of urea groups is 1. The second-order valence-corrected chi connectivity index (χ2v) is 9.75. The monoisotopic (exact) mass is 469 g/mol. The van der Waals surface area contributed by atoms with E-state index in [1.54, 1.807) is 47.2 Å². The van der Waals surface area contributed by atoms with Crippen LogP contribution in [-0.4, -0.2) is 68.7 Å². The fourth-order valence-electron chi connectivity index (χ4n) is 4.18. The number of benzene rings is 2. The highest BCUT2D eigenvalue weighted by atomic mass is 32.2. The standard InChI is InChI=1S/C23H27N5O4S/c1-27(22-19-12-5-6-13-20(19)33(31,32)26-22)16-21(29)28-14-8-7-11-18(28)15-24-23(30)25-17-9-3-2-4-10-17/h2-6,9-10,12-13,18H,7-8,11,14-16H2,1H3,(H2,24,25,30)/t18-/m0/s1. The maximum atomic E-state index is 13.1. The molecule has 174 valence electrons. The van der Waals surface area contributed by atoms with Gasteiger partial charge in [0.2, 0.25) is 5.91 Å². The number of likely N-dealkylation sites (N-methyl/N-ethyl adjacent to an activating group) is 1. The van der Waals surface area contributed by atoms with Gasteiger partial charge in [-0.2, -0.15) is 8.42 Å². The summed E-state index contributed by atoms with van der Waals surface area (Å²) < 4.78 is 28.5. The summed E-state index contributed by atoms with van der Waals surface area (Å²) in [7, 11) is -2.08. The van der Waals surface area contributed by atoms with Crippen LogP contribution in [0.4, 0.5) is 10.5 Å². The van der Waals surface area contributed by atoms with Gasteiger partial charge in [-0.3, -0.25) is 4.79 Å². The van der Waals surface area contributed by atoms with Crippen LogP contribution < -0.4 is 10.6 Å². The summed E-state index contributed by atoms with van der Waals surface area (Å²) in [6.07, 6.45) is 2.66. The molecule has 1 saturated heterocycles. The summed E-state index contributed by atoms with van der Waals surface area (Å²) in [5.74, 6) is 0.143. The van der Waals surface area contributed by atoms with Gasteiger partial charge in [0.1, 0.15) is 4.90 Å². The van der Waals surface area contributed by atoms with E-state index in [2.05, 4.69) is 15.0 Å². The Morgan fingerprint density at radius 2 is 1.82 bits per heavy atom. The number of nitrogens with zero attached hydrogens (tertiary/aromatic N) is 3. The van der Waals surface area contributed by atoms with Gasteiger partial charge in [-0.05, 0) is 43.5 Å². The first-order chi connectivity index (χ1) is 15.8. The van der Waals surface area contributed by atoms with Crippen molar-refractivity contribution < 1.29 is 18.0 Å². The van der Waals surface area contributed by atoms with Crippen LogP contribution in [0.3, 0.4) is 0 Å². The van der Waals surface area contributed by atoms with E-state index in [9.17, 15) is 18.0 Å². The number of hydrogen-bond donors (Lipinski definition) is 2. The quantitative estimate of drug-likeness (QED) is 0.698. The SMILES string of the molecule is CN(CC(=O)N1CCCC[C@H]1CNC(=O)Nc1ccccc1)C1=NS(=O)(=O)c2ccccc21. The molecule has 0 aromatic heterocycles. The van der Waals surface area contributed by atoms with Gasteiger partial charge in [-0.25, -0.2) is 4.79 Å². The van der Waals surface area contributed by atoms with E-state index in [1.807, 2.05) is 18.2 Å². The predicted octanol–water partition coefficient (Wildman–Crippen LogP) is 2.27. The normalized spacial score (nSPS) is 18.8. The number of carbonyl (C=O) groups is 2. The lowest BCUT2D eigenvalue weighted by Gasteiger charge is -2.37. The van der Waals surface area contributed by atoms with Crippen molar-refractivity contribution in [2.75, 3.05) is 32.0 Å². The van der Waals surface area contributed by atoms with Crippen LogP contribution in [0.2, 0.25) is 0 Å². The van der Waals surface area contributed by atoms with Gasteiger partial charge < -0.3 is 20.4 Å². The van der Waals surface area contributed by atoms with Crippen LogP contribution >= 0.6 is 0 Å². The van der Waals surface area contributed by atoms with E-state index in [-0.39, 0.29) is 35.3 Å². The lowest BCUT2D eigenvalue weighted by molar-refractivity contribution is -0.134. The molecule has 4 rings (SSSR count). The Kier molecular flexibility index (Phi) is 6.64. The molecule has 1 fully saturated rings. The largest absolute Gasteiger partial charge is 0.349 e. The van der Waals surface area contributed by atoms with Crippen LogP contribution in [0.1, 0.15) is 24.8 Å². The Morgan fingerprint density at radius 1 is 1.09 bits per heavy atom. The molecule has 10 heteroatoms. The second-order valence-electron chi connectivity index (χ2n) is 8.18. The third-order valence-electron chi connectivity index (χ3n) is 5.82. The molecule has 3 amide bonds. The number of amides is 3. The minimum absolute atomic E-state index is 0.00456. The van der Waals surface area contributed by atoms with E-state index in [4.69, 9.17) is 0 Å². The van der Waals surface area contributed by atoms with Crippen LogP contribution in [0.5, 0.6) is 0 Å². The summed E-state index contributed by atoms with van der Waals surface area (Å²) in [5.41, 5.74) is 1.20. The lowest BCUT2D eigenvalue weighted by atomic mass is 10.0. The van der Waals surface area contributed by atoms with Gasteiger partial charge in [0.05, 0.1) is 6.54 Å². The molecule has 0 unspecified atom stereocenters. The molecule has 2 aromatic rings. The summed E-state index contributed by atoms with van der Waals surface area (Å²) in [5, 5.41) is 5.63. The third-order valence-corrected chi connectivity index (χ3v) is 7.15. The van der Waals surface area contributed by atoms with E-state index >= 15 is 0 Å². The number of hydrogen-bond acceptors (Lipinski definition) is 5. The number of fused-ring (bicyclic) bond motifs is 1. The fraction of sp³-hybridized carbons (Fsp3) is 0.348. The molecule has 0 bridgehead atoms. The smallest absolute Gasteiger partial charge is 0.319 e. The zero-order valence-electron chi connectivity index (χ0n) is 18.4. The lowest BCUT2D eigenvalue weighted by Crippen LogP contribution is -2.52. The number of rotatable bonds is 5. The second kappa shape index (κ2) is 9.62. The van der Waals surface area contributed by atoms with Crippen molar-refractivity contribution in [2.45, 2.75) is 30.2 Å². The Balaban J connectivity index is 1.38. The zero-order chi connectivity index (χ0) is 23.4. The van der Waals surface area contributed by atoms with Crippen molar-refractivity contribution in [3.05, 3.63) is 60.2 Å². The maximum Gasteiger partial charge on any atom is 0.319 e. The van der Waals surface area contributed by atoms with Crippen LogP contribution in [0.25, 0.3) is 0 Å². The van der Waals surface area contributed by atoms with Gasteiger partial charge in [0.25, 0.3) is 10.0 Å². The molecule has 2 aromatic carbocycles. The first-order valence-electron chi connectivity index (χ1n) is 10.9. The molecule has 0 aliphatic carbocycles. The summed E-state index contributed by atoms with van der Waals surface area (Å²) in [6, 6.07) is 15.3. The summed E-state index contributed by atoms with van der Waals surface area (Å²) in [4.78, 5) is 28.9. The Morgan fingerprint density at radius 3 is 2.61 bits per heavy atom. The molecule has 0 radical (unpaired) electrons. The van der Waals surface area contributed by atoms with Crippen LogP contribution in [0, 0.1) is 0 Å². The van der Waals surface area contributed by atoms with Crippen molar-refractivity contribution in [3.8, 4) is 0 Å². The highest BCUT2D eigenvalue weighted by Crippen LogP contribution is 2.27. The minimum Gasteiger partial charge on any atom is -0.349 e. The molecular weight excluding hydrogens is 442 g/mol. The van der Waals surface area contributed by atoms with Crippen molar-refractivity contribution in [1.29, 1.82) is 0 Å². The topological polar surface area (TPSA) is 111 Å². The number of sulfonamides is 1. The van der Waals surface area contributed by atoms with E-state index in [0.717, 1.165) is 19.3 Å². The number of piperidine rings is 1. The highest BCUT2D eigenvalue weighted by molar-refractivity contribution is 7.90. The van der Waals surface area contributed by atoms with Crippen molar-refractivity contribution in [1.82, 2.24) is 15.1 Å². The zero-order valence-corrected chi connectivity index (χ0v) is 19.2. The van der Waals surface area contributed by atoms with Gasteiger partial charge in [-0.15, -0.1) is 4.40 Å². The molecule has 2 aliphatic heterocycles. The number of carbonyl (C=O) groups excluding carboxylic acids is 2. The molecule has 2 aliphatic rings. The van der Waals surface area contributed by atoms with Gasteiger partial charge in [0.15, 0.2) is 5.84 Å². The molecule has 2 heterocycles. The molecule has 33 heavy (non-hydrogen) atoms. The number of amidine groups is 1. The van der Waals surface area contributed by atoms with Crippen molar-refractivity contribution >= 4 is 33.5 Å². The Hall–Kier alpha value is -3.40. The van der Waals surface area contributed by atoms with Gasteiger partial charge in [-0.1, -0.05) is 30.3 Å². The van der Waals surface area contributed by atoms with E-state index in [1.165, 1.54) is 6.07 Å². The highest BCUT2D eigenvalue weighted by Gasteiger charge is 2.33. The summed E-state index contributed by atoms with van der Waals surface area (Å²) in [6.45, 7) is 0.933. The number of likely N-dealkylation sites (tertiary alicyclic amines) is 1. The third kappa shape index (κ3) is 5.16. The molecular formula is C23H27N5O4S. The number of para-hydroxylation sites is 1. The minimum atomic E-state index is -3.75. The molecule has 2 N–H and O–H groups in total. The van der Waals surface area contributed by atoms with Crippen molar-refractivity contribution in [2.24, 2.45) is 4.40 Å². The average Bonchev–Trinajstić information content (AvgIpc) is 3.10. The first-order valence-corrected chi connectivity index (χ1v) is 12.3. The molecule has 0 saturated carbocycles. The average molecular weight is 470 g/mol. The van der Waals surface area contributed by atoms with Gasteiger partial charge in [0, 0.05) is 37.4 Å². The van der Waals surface area contributed by atoms with Crippen LogP contribution in [-0.2, 0) is 14.8 Å². The fourth-order valence-corrected chi connectivity index (χ4v) is 5.43. The first kappa shape index (κ1) is 22.8. The maximum absolute atomic E-state index is 13.1. The van der Waals surface area contributed by atoms with E-state index in [0.29, 0.717) is 24.3 Å². The number of anilines is 1. The van der Waals surface area contributed by atoms with Crippen molar-refractivity contribution in [3.63, 3.8) is 0 Å². The molecule has 1 atom stereocenters.